The SMILES string of the molecule is COc1cccc(C=NNc2nc(C)cs2)c1OCCn1ccnc1. The highest BCUT2D eigenvalue weighted by molar-refractivity contribution is 7.13. The number of nitrogens with zero attached hydrogens (tertiary/aromatic N) is 4. The lowest BCUT2D eigenvalue weighted by atomic mass is 10.2. The average molecular weight is 357 g/mol. The number of aromatic nitrogens is 3. The van der Waals surface area contributed by atoms with E-state index in [-0.39, 0.29) is 0 Å². The quantitative estimate of drug-likeness (QED) is 0.495. The number of anilines is 1. The maximum absolute atomic E-state index is 5.93. The number of ether oxygens (including phenoxy) is 2. The smallest absolute Gasteiger partial charge is 0.203 e. The molecule has 0 aliphatic rings. The van der Waals surface area contributed by atoms with Crippen LogP contribution in [-0.4, -0.2) is 34.5 Å². The molecular formula is C17H19N5O2S. The van der Waals surface area contributed by atoms with Crippen molar-refractivity contribution >= 4 is 22.7 Å². The van der Waals surface area contributed by atoms with Crippen LogP contribution in [0.25, 0.3) is 0 Å². The van der Waals surface area contributed by atoms with Crippen molar-refractivity contribution in [3.05, 3.63) is 53.6 Å². The van der Waals surface area contributed by atoms with E-state index < -0.39 is 0 Å². The van der Waals surface area contributed by atoms with Crippen molar-refractivity contribution in [2.75, 3.05) is 19.1 Å². The van der Waals surface area contributed by atoms with Gasteiger partial charge < -0.3 is 14.0 Å². The first-order valence-corrected chi connectivity index (χ1v) is 8.61. The van der Waals surface area contributed by atoms with Crippen LogP contribution >= 0.6 is 11.3 Å². The first kappa shape index (κ1) is 17.0. The van der Waals surface area contributed by atoms with Crippen LogP contribution in [0.1, 0.15) is 11.3 Å². The first-order chi connectivity index (χ1) is 12.3. The molecule has 1 aromatic carbocycles. The third kappa shape index (κ3) is 4.57. The summed E-state index contributed by atoms with van der Waals surface area (Å²) in [7, 11) is 1.62. The number of imidazole rings is 1. The molecule has 3 aromatic rings. The Kier molecular flexibility index (Phi) is 5.63. The van der Waals surface area contributed by atoms with Crippen molar-refractivity contribution < 1.29 is 9.47 Å². The van der Waals surface area contributed by atoms with E-state index in [1.165, 1.54) is 11.3 Å². The molecule has 0 saturated carbocycles. The van der Waals surface area contributed by atoms with Crippen molar-refractivity contribution in [1.29, 1.82) is 0 Å². The summed E-state index contributed by atoms with van der Waals surface area (Å²) >= 11 is 1.51. The average Bonchev–Trinajstić information content (AvgIpc) is 3.27. The predicted octanol–water partition coefficient (Wildman–Crippen LogP) is 3.18. The maximum atomic E-state index is 5.93. The highest BCUT2D eigenvalue weighted by Gasteiger charge is 2.09. The van der Waals surface area contributed by atoms with E-state index in [0.717, 1.165) is 16.4 Å². The fraction of sp³-hybridized carbons (Fsp3) is 0.235. The molecule has 0 amide bonds. The van der Waals surface area contributed by atoms with E-state index in [1.807, 2.05) is 41.3 Å². The van der Waals surface area contributed by atoms with Crippen LogP contribution in [0.3, 0.4) is 0 Å². The van der Waals surface area contributed by atoms with Crippen LogP contribution in [0.4, 0.5) is 5.13 Å². The standard InChI is InChI=1S/C17H19N5O2S/c1-13-11-25-17(20-13)21-19-10-14-4-3-5-15(23-2)16(14)24-9-8-22-7-6-18-12-22/h3-7,10-12H,8-9H2,1-2H3,(H,20,21). The van der Waals surface area contributed by atoms with Gasteiger partial charge in [0.1, 0.15) is 6.61 Å². The van der Waals surface area contributed by atoms with Crippen LogP contribution < -0.4 is 14.9 Å². The molecule has 0 unspecified atom stereocenters. The topological polar surface area (TPSA) is 73.6 Å². The number of hydrazone groups is 1. The molecule has 7 nitrogen and oxygen atoms in total. The van der Waals surface area contributed by atoms with Gasteiger partial charge in [0.05, 0.1) is 31.9 Å². The van der Waals surface area contributed by atoms with Gasteiger partial charge in [-0.1, -0.05) is 6.07 Å². The highest BCUT2D eigenvalue weighted by atomic mass is 32.1. The van der Waals surface area contributed by atoms with E-state index in [1.54, 1.807) is 25.8 Å². The second-order valence-corrected chi connectivity index (χ2v) is 6.05. The van der Waals surface area contributed by atoms with Crippen molar-refractivity contribution in [2.45, 2.75) is 13.5 Å². The number of aryl methyl sites for hydroxylation is 1. The molecule has 0 aliphatic carbocycles. The minimum Gasteiger partial charge on any atom is -0.493 e. The third-order valence-electron chi connectivity index (χ3n) is 3.37. The number of thiazole rings is 1. The number of nitrogens with one attached hydrogen (secondary N) is 1. The largest absolute Gasteiger partial charge is 0.493 e. The van der Waals surface area contributed by atoms with Crippen LogP contribution in [0.2, 0.25) is 0 Å². The van der Waals surface area contributed by atoms with E-state index in [9.17, 15) is 0 Å². The van der Waals surface area contributed by atoms with Gasteiger partial charge in [-0.05, 0) is 19.1 Å². The molecule has 0 radical (unpaired) electrons. The molecule has 0 spiro atoms. The molecule has 0 aliphatic heterocycles. The van der Waals surface area contributed by atoms with E-state index in [0.29, 0.717) is 24.7 Å². The van der Waals surface area contributed by atoms with Gasteiger partial charge in [-0.3, -0.25) is 5.43 Å². The number of para-hydroxylation sites is 1. The Morgan fingerprint density at radius 2 is 2.32 bits per heavy atom. The second-order valence-electron chi connectivity index (χ2n) is 5.19. The maximum Gasteiger partial charge on any atom is 0.203 e. The van der Waals surface area contributed by atoms with Crippen molar-refractivity contribution in [3.63, 3.8) is 0 Å². The Balaban J connectivity index is 1.69. The van der Waals surface area contributed by atoms with Gasteiger partial charge in [0.15, 0.2) is 11.5 Å². The molecule has 0 bridgehead atoms. The molecule has 25 heavy (non-hydrogen) atoms. The van der Waals surface area contributed by atoms with Crippen LogP contribution in [0.5, 0.6) is 11.5 Å². The summed E-state index contributed by atoms with van der Waals surface area (Å²) in [6.45, 7) is 3.14. The molecule has 8 heteroatoms. The van der Waals surface area contributed by atoms with Gasteiger partial charge in [0, 0.05) is 23.3 Å². The monoisotopic (exact) mass is 357 g/mol. The zero-order valence-electron chi connectivity index (χ0n) is 14.0. The lowest BCUT2D eigenvalue weighted by molar-refractivity contribution is 0.279. The van der Waals surface area contributed by atoms with E-state index >= 15 is 0 Å². The Hall–Kier alpha value is -2.87. The number of hydrogen-bond donors (Lipinski definition) is 1. The lowest BCUT2D eigenvalue weighted by Gasteiger charge is -2.13. The zero-order chi connectivity index (χ0) is 17.5. The lowest BCUT2D eigenvalue weighted by Crippen LogP contribution is -2.08. The van der Waals surface area contributed by atoms with Gasteiger partial charge in [0.25, 0.3) is 0 Å². The zero-order valence-corrected chi connectivity index (χ0v) is 14.9. The van der Waals surface area contributed by atoms with E-state index in [4.69, 9.17) is 9.47 Å². The molecule has 3 rings (SSSR count). The van der Waals surface area contributed by atoms with Crippen molar-refractivity contribution in [2.24, 2.45) is 5.10 Å². The number of rotatable bonds is 8. The molecular weight excluding hydrogens is 338 g/mol. The Labute approximate surface area is 150 Å². The summed E-state index contributed by atoms with van der Waals surface area (Å²) in [6, 6.07) is 5.69. The summed E-state index contributed by atoms with van der Waals surface area (Å²) in [5.74, 6) is 1.32. The fourth-order valence-electron chi connectivity index (χ4n) is 2.18. The van der Waals surface area contributed by atoms with Gasteiger partial charge in [-0.2, -0.15) is 5.10 Å². The van der Waals surface area contributed by atoms with E-state index in [2.05, 4.69) is 20.5 Å². The summed E-state index contributed by atoms with van der Waals surface area (Å²) in [5.41, 5.74) is 4.72. The normalized spacial score (nSPS) is 11.0. The Morgan fingerprint density at radius 1 is 1.40 bits per heavy atom. The van der Waals surface area contributed by atoms with Gasteiger partial charge >= 0.3 is 0 Å². The first-order valence-electron chi connectivity index (χ1n) is 7.73. The van der Waals surface area contributed by atoms with Gasteiger partial charge in [-0.15, -0.1) is 11.3 Å². The highest BCUT2D eigenvalue weighted by Crippen LogP contribution is 2.30. The summed E-state index contributed by atoms with van der Waals surface area (Å²) in [5, 5.41) is 6.96. The minimum absolute atomic E-state index is 0.497. The molecule has 2 aromatic heterocycles. The molecule has 0 fully saturated rings. The number of methoxy groups -OCH3 is 1. The van der Waals surface area contributed by atoms with Gasteiger partial charge in [-0.25, -0.2) is 9.97 Å². The number of hydrogen-bond acceptors (Lipinski definition) is 7. The second kappa shape index (κ2) is 8.29. The van der Waals surface area contributed by atoms with Crippen LogP contribution in [-0.2, 0) is 6.54 Å². The van der Waals surface area contributed by atoms with Crippen LogP contribution in [0.15, 0.2) is 47.4 Å². The fourth-order valence-corrected chi connectivity index (χ4v) is 2.82. The third-order valence-corrected chi connectivity index (χ3v) is 4.23. The summed E-state index contributed by atoms with van der Waals surface area (Å²) < 4.78 is 13.3. The molecule has 1 N–H and O–H groups in total. The van der Waals surface area contributed by atoms with Crippen LogP contribution in [0, 0.1) is 6.92 Å². The predicted molar refractivity (Wildman–Crippen MR) is 98.8 cm³/mol. The van der Waals surface area contributed by atoms with Gasteiger partial charge in [0.2, 0.25) is 5.13 Å². The molecule has 130 valence electrons. The van der Waals surface area contributed by atoms with Crippen molar-refractivity contribution in [1.82, 2.24) is 14.5 Å². The summed E-state index contributed by atoms with van der Waals surface area (Å²) in [4.78, 5) is 8.32. The molecule has 0 saturated heterocycles. The summed E-state index contributed by atoms with van der Waals surface area (Å²) in [6.07, 6.45) is 7.10. The Bertz CT molecular complexity index is 829. The number of benzene rings is 1. The minimum atomic E-state index is 0.497. The molecule has 0 atom stereocenters. The van der Waals surface area contributed by atoms with Crippen molar-refractivity contribution in [3.8, 4) is 11.5 Å². The molecule has 2 heterocycles. The Morgan fingerprint density at radius 3 is 3.04 bits per heavy atom.